The maximum absolute atomic E-state index is 5.71. The van der Waals surface area contributed by atoms with E-state index in [-0.39, 0.29) is 0 Å². The molecule has 1 saturated carbocycles. The second kappa shape index (κ2) is 4.99. The van der Waals surface area contributed by atoms with Gasteiger partial charge in [-0.25, -0.2) is 0 Å². The third-order valence-electron chi connectivity index (χ3n) is 3.09. The molecule has 0 aromatic heterocycles. The van der Waals surface area contributed by atoms with Crippen molar-refractivity contribution >= 4 is 21.6 Å². The van der Waals surface area contributed by atoms with Crippen LogP contribution in [0.25, 0.3) is 0 Å². The van der Waals surface area contributed by atoms with Crippen LogP contribution in [0.2, 0.25) is 0 Å². The van der Waals surface area contributed by atoms with Gasteiger partial charge in [-0.2, -0.15) is 0 Å². The van der Waals surface area contributed by atoms with Crippen molar-refractivity contribution in [1.82, 2.24) is 0 Å². The van der Waals surface area contributed by atoms with Crippen LogP contribution in [0, 0.1) is 5.92 Å². The van der Waals surface area contributed by atoms with Gasteiger partial charge in [-0.1, -0.05) is 22.4 Å². The Morgan fingerprint density at radius 1 is 1.40 bits per heavy atom. The minimum atomic E-state index is 0.590. The normalized spacial score (nSPS) is 16.1. The molecule has 0 spiro atoms. The van der Waals surface area contributed by atoms with Gasteiger partial charge in [0.05, 0.1) is 0 Å². The number of halogens is 1. The molecule has 1 aromatic carbocycles. The maximum atomic E-state index is 5.71. The van der Waals surface area contributed by atoms with Gasteiger partial charge in [0.15, 0.2) is 0 Å². The molecule has 1 aromatic rings. The molecule has 1 aliphatic rings. The molecular formula is C12H17BrN2. The molecule has 3 heteroatoms. The zero-order chi connectivity index (χ0) is 10.7. The lowest BCUT2D eigenvalue weighted by molar-refractivity contribution is 0.333. The van der Waals surface area contributed by atoms with E-state index in [2.05, 4.69) is 39.4 Å². The predicted octanol–water partition coefficient (Wildman–Crippen LogP) is 3.12. The molecule has 0 radical (unpaired) electrons. The van der Waals surface area contributed by atoms with Gasteiger partial charge in [-0.05, 0) is 42.5 Å². The highest BCUT2D eigenvalue weighted by Crippen LogP contribution is 2.27. The van der Waals surface area contributed by atoms with Crippen LogP contribution >= 0.6 is 15.9 Å². The number of hydrogen-bond donors (Lipinski definition) is 2. The fourth-order valence-electron chi connectivity index (χ4n) is 1.85. The van der Waals surface area contributed by atoms with Crippen molar-refractivity contribution in [3.8, 4) is 0 Å². The standard InChI is InChI=1S/C12H17BrN2/c13-11-4-5-12(10(6-11)7-14)15-8-9-2-1-3-9/h4-6,9,15H,1-3,7-8,14H2. The predicted molar refractivity (Wildman–Crippen MR) is 67.9 cm³/mol. The van der Waals surface area contributed by atoms with E-state index in [0.717, 1.165) is 16.9 Å². The molecule has 1 aliphatic carbocycles. The highest BCUT2D eigenvalue weighted by Gasteiger charge is 2.16. The van der Waals surface area contributed by atoms with Crippen LogP contribution in [-0.2, 0) is 6.54 Å². The molecule has 0 aliphatic heterocycles. The Hall–Kier alpha value is -0.540. The summed E-state index contributed by atoms with van der Waals surface area (Å²) in [4.78, 5) is 0. The lowest BCUT2D eigenvalue weighted by atomic mass is 9.85. The number of hydrogen-bond acceptors (Lipinski definition) is 2. The highest BCUT2D eigenvalue weighted by atomic mass is 79.9. The highest BCUT2D eigenvalue weighted by molar-refractivity contribution is 9.10. The lowest BCUT2D eigenvalue weighted by Gasteiger charge is -2.26. The maximum Gasteiger partial charge on any atom is 0.0386 e. The van der Waals surface area contributed by atoms with Crippen LogP contribution in [0.4, 0.5) is 5.69 Å². The molecular weight excluding hydrogens is 252 g/mol. The molecule has 0 saturated heterocycles. The summed E-state index contributed by atoms with van der Waals surface area (Å²) in [6.07, 6.45) is 4.15. The summed E-state index contributed by atoms with van der Waals surface area (Å²) in [5.41, 5.74) is 8.08. The van der Waals surface area contributed by atoms with Crippen molar-refractivity contribution in [3.05, 3.63) is 28.2 Å². The van der Waals surface area contributed by atoms with Crippen molar-refractivity contribution < 1.29 is 0 Å². The second-order valence-electron chi connectivity index (χ2n) is 4.18. The molecule has 0 heterocycles. The van der Waals surface area contributed by atoms with Crippen LogP contribution in [0.5, 0.6) is 0 Å². The first-order valence-electron chi connectivity index (χ1n) is 5.52. The van der Waals surface area contributed by atoms with Gasteiger partial charge >= 0.3 is 0 Å². The van der Waals surface area contributed by atoms with Crippen molar-refractivity contribution in [2.24, 2.45) is 11.7 Å². The smallest absolute Gasteiger partial charge is 0.0386 e. The van der Waals surface area contributed by atoms with Crippen LogP contribution in [0.15, 0.2) is 22.7 Å². The van der Waals surface area contributed by atoms with Gasteiger partial charge in [0, 0.05) is 23.2 Å². The van der Waals surface area contributed by atoms with Gasteiger partial charge in [0.25, 0.3) is 0 Å². The fourth-order valence-corrected chi connectivity index (χ4v) is 2.26. The molecule has 1 fully saturated rings. The number of anilines is 1. The molecule has 2 nitrogen and oxygen atoms in total. The molecule has 82 valence electrons. The Kier molecular flexibility index (Phi) is 3.65. The fraction of sp³-hybridized carbons (Fsp3) is 0.500. The Morgan fingerprint density at radius 2 is 2.20 bits per heavy atom. The first-order chi connectivity index (χ1) is 7.29. The molecule has 15 heavy (non-hydrogen) atoms. The average molecular weight is 269 g/mol. The summed E-state index contributed by atoms with van der Waals surface area (Å²) >= 11 is 3.46. The Labute approximate surface area is 99.4 Å². The molecule has 3 N–H and O–H groups in total. The Balaban J connectivity index is 1.99. The lowest BCUT2D eigenvalue weighted by Crippen LogP contribution is -2.21. The van der Waals surface area contributed by atoms with Crippen molar-refractivity contribution in [2.45, 2.75) is 25.8 Å². The summed E-state index contributed by atoms with van der Waals surface area (Å²) in [6, 6.07) is 6.25. The topological polar surface area (TPSA) is 38.0 Å². The second-order valence-corrected chi connectivity index (χ2v) is 5.10. The minimum absolute atomic E-state index is 0.590. The molecule has 0 amide bonds. The summed E-state index contributed by atoms with van der Waals surface area (Å²) in [7, 11) is 0. The van der Waals surface area contributed by atoms with Crippen LogP contribution < -0.4 is 11.1 Å². The van der Waals surface area contributed by atoms with Crippen LogP contribution in [0.3, 0.4) is 0 Å². The zero-order valence-corrected chi connectivity index (χ0v) is 10.4. The first-order valence-corrected chi connectivity index (χ1v) is 6.31. The molecule has 0 unspecified atom stereocenters. The van der Waals surface area contributed by atoms with Gasteiger partial charge in [0.1, 0.15) is 0 Å². The van der Waals surface area contributed by atoms with Crippen molar-refractivity contribution in [3.63, 3.8) is 0 Å². The van der Waals surface area contributed by atoms with Crippen molar-refractivity contribution in [1.29, 1.82) is 0 Å². The SMILES string of the molecule is NCc1cc(Br)ccc1NCC1CCC1. The van der Waals surface area contributed by atoms with E-state index in [1.165, 1.54) is 30.5 Å². The summed E-state index contributed by atoms with van der Waals surface area (Å²) < 4.78 is 1.09. The summed E-state index contributed by atoms with van der Waals surface area (Å²) in [6.45, 7) is 1.68. The van der Waals surface area contributed by atoms with E-state index in [1.54, 1.807) is 0 Å². The third-order valence-corrected chi connectivity index (χ3v) is 3.59. The van der Waals surface area contributed by atoms with E-state index in [4.69, 9.17) is 5.73 Å². The Bertz CT molecular complexity index is 334. The number of nitrogens with one attached hydrogen (secondary N) is 1. The van der Waals surface area contributed by atoms with Gasteiger partial charge < -0.3 is 11.1 Å². The first kappa shape index (κ1) is 11.0. The van der Waals surface area contributed by atoms with Crippen LogP contribution in [0.1, 0.15) is 24.8 Å². The molecule has 2 rings (SSSR count). The largest absolute Gasteiger partial charge is 0.385 e. The van der Waals surface area contributed by atoms with E-state index in [9.17, 15) is 0 Å². The van der Waals surface area contributed by atoms with Gasteiger partial charge in [-0.3, -0.25) is 0 Å². The van der Waals surface area contributed by atoms with E-state index >= 15 is 0 Å². The van der Waals surface area contributed by atoms with Crippen molar-refractivity contribution in [2.75, 3.05) is 11.9 Å². The average Bonchev–Trinajstić information content (AvgIpc) is 2.17. The summed E-state index contributed by atoms with van der Waals surface area (Å²) in [5.74, 6) is 0.874. The monoisotopic (exact) mass is 268 g/mol. The Morgan fingerprint density at radius 3 is 2.80 bits per heavy atom. The zero-order valence-electron chi connectivity index (χ0n) is 8.80. The third kappa shape index (κ3) is 2.73. The quantitative estimate of drug-likeness (QED) is 0.881. The molecule has 0 atom stereocenters. The van der Waals surface area contributed by atoms with E-state index in [1.807, 2.05) is 0 Å². The summed E-state index contributed by atoms with van der Waals surface area (Å²) in [5, 5.41) is 3.49. The molecule has 0 bridgehead atoms. The van der Waals surface area contributed by atoms with Gasteiger partial charge in [0.2, 0.25) is 0 Å². The number of nitrogens with two attached hydrogens (primary N) is 1. The number of benzene rings is 1. The minimum Gasteiger partial charge on any atom is -0.385 e. The number of rotatable bonds is 4. The van der Waals surface area contributed by atoms with E-state index in [0.29, 0.717) is 6.54 Å². The van der Waals surface area contributed by atoms with E-state index < -0.39 is 0 Å². The van der Waals surface area contributed by atoms with Crippen LogP contribution in [-0.4, -0.2) is 6.54 Å². The van der Waals surface area contributed by atoms with Gasteiger partial charge in [-0.15, -0.1) is 0 Å².